The van der Waals surface area contributed by atoms with Gasteiger partial charge in [-0.3, -0.25) is 9.36 Å². The molecule has 7 heteroatoms. The summed E-state index contributed by atoms with van der Waals surface area (Å²) in [5.74, 6) is 0.889. The van der Waals surface area contributed by atoms with E-state index in [-0.39, 0.29) is 11.7 Å². The summed E-state index contributed by atoms with van der Waals surface area (Å²) >= 11 is 4.90. The minimum absolute atomic E-state index is 0.226. The molecule has 0 saturated heterocycles. The third-order valence-electron chi connectivity index (χ3n) is 4.45. The predicted molar refractivity (Wildman–Crippen MR) is 112 cm³/mol. The normalized spacial score (nSPS) is 15.7. The molecule has 0 amide bonds. The molecule has 146 valence electrons. The summed E-state index contributed by atoms with van der Waals surface area (Å²) in [6.45, 7) is 5.64. The molecule has 1 fully saturated rings. The van der Waals surface area contributed by atoms with Crippen LogP contribution in [0.1, 0.15) is 58.9 Å². The highest BCUT2D eigenvalue weighted by Gasteiger charge is 2.25. The Morgan fingerprint density at radius 2 is 1.85 bits per heavy atom. The maximum absolute atomic E-state index is 12.1. The average molecular weight is 452 g/mol. The molecular weight excluding hydrogens is 426 g/mol. The van der Waals surface area contributed by atoms with Gasteiger partial charge in [0, 0.05) is 16.1 Å². The van der Waals surface area contributed by atoms with Gasteiger partial charge in [-0.15, -0.1) is 10.2 Å². The second-order valence-corrected chi connectivity index (χ2v) is 9.71. The summed E-state index contributed by atoms with van der Waals surface area (Å²) in [5, 5.41) is 9.68. The number of benzene rings is 1. The van der Waals surface area contributed by atoms with Crippen molar-refractivity contribution in [3.05, 3.63) is 28.7 Å². The van der Waals surface area contributed by atoms with Crippen LogP contribution in [0.25, 0.3) is 11.4 Å². The number of aromatic nitrogens is 3. The predicted octanol–water partition coefficient (Wildman–Crippen LogP) is 5.65. The number of thioether (sulfide) groups is 1. The van der Waals surface area contributed by atoms with Gasteiger partial charge in [0.25, 0.3) is 0 Å². The zero-order valence-corrected chi connectivity index (χ0v) is 18.5. The van der Waals surface area contributed by atoms with E-state index in [1.54, 1.807) is 0 Å². The number of hydrogen-bond acceptors (Lipinski definition) is 5. The standard InChI is InChI=1S/C20H26BrN3O2S/c1-20(2,3)26-17(25)13-27-19-23-22-18(14-9-11-15(21)12-10-14)24(19)16-7-5-4-6-8-16/h9-12,16H,4-8,13H2,1-3H3. The van der Waals surface area contributed by atoms with E-state index < -0.39 is 5.60 Å². The van der Waals surface area contributed by atoms with E-state index in [9.17, 15) is 4.79 Å². The molecular formula is C20H26BrN3O2S. The second-order valence-electron chi connectivity index (χ2n) is 7.85. The largest absolute Gasteiger partial charge is 0.459 e. The molecule has 1 aliphatic carbocycles. The molecule has 0 unspecified atom stereocenters. The lowest BCUT2D eigenvalue weighted by Gasteiger charge is -2.25. The summed E-state index contributed by atoms with van der Waals surface area (Å²) < 4.78 is 8.70. The SMILES string of the molecule is CC(C)(C)OC(=O)CSc1nnc(-c2ccc(Br)cc2)n1C1CCCCC1. The van der Waals surface area contributed by atoms with E-state index in [0.717, 1.165) is 33.9 Å². The maximum Gasteiger partial charge on any atom is 0.316 e. The lowest BCUT2D eigenvalue weighted by atomic mass is 9.95. The van der Waals surface area contributed by atoms with Gasteiger partial charge >= 0.3 is 5.97 Å². The molecule has 0 radical (unpaired) electrons. The average Bonchev–Trinajstić information content (AvgIpc) is 3.04. The summed E-state index contributed by atoms with van der Waals surface area (Å²) in [6.07, 6.45) is 5.98. The first-order valence-corrected chi connectivity index (χ1v) is 11.2. The molecule has 1 aliphatic rings. The zero-order valence-electron chi connectivity index (χ0n) is 16.1. The van der Waals surface area contributed by atoms with Crippen molar-refractivity contribution >= 4 is 33.7 Å². The summed E-state index contributed by atoms with van der Waals surface area (Å²) in [5.41, 5.74) is 0.567. The molecule has 1 heterocycles. The molecule has 3 rings (SSSR count). The van der Waals surface area contributed by atoms with Gasteiger partial charge in [0.1, 0.15) is 5.60 Å². The van der Waals surface area contributed by atoms with Crippen LogP contribution >= 0.6 is 27.7 Å². The highest BCUT2D eigenvalue weighted by atomic mass is 79.9. The van der Waals surface area contributed by atoms with Gasteiger partial charge in [-0.1, -0.05) is 59.1 Å². The topological polar surface area (TPSA) is 57.0 Å². The van der Waals surface area contributed by atoms with Crippen molar-refractivity contribution in [3.63, 3.8) is 0 Å². The van der Waals surface area contributed by atoms with Crippen molar-refractivity contribution in [2.24, 2.45) is 0 Å². The summed E-state index contributed by atoms with van der Waals surface area (Å²) in [6, 6.07) is 8.52. The second kappa shape index (κ2) is 8.78. The van der Waals surface area contributed by atoms with Gasteiger partial charge in [0.2, 0.25) is 0 Å². The smallest absolute Gasteiger partial charge is 0.316 e. The first kappa shape index (κ1) is 20.4. The Balaban J connectivity index is 1.84. The van der Waals surface area contributed by atoms with E-state index in [0.29, 0.717) is 6.04 Å². The number of nitrogens with zero attached hydrogens (tertiary/aromatic N) is 3. The van der Waals surface area contributed by atoms with Crippen molar-refractivity contribution in [3.8, 4) is 11.4 Å². The Morgan fingerprint density at radius 3 is 2.48 bits per heavy atom. The quantitative estimate of drug-likeness (QED) is 0.434. The van der Waals surface area contributed by atoms with Crippen LogP contribution in [0.5, 0.6) is 0 Å². The fraction of sp³-hybridized carbons (Fsp3) is 0.550. The fourth-order valence-electron chi connectivity index (χ4n) is 3.33. The minimum Gasteiger partial charge on any atom is -0.459 e. The van der Waals surface area contributed by atoms with Crippen LogP contribution < -0.4 is 0 Å². The number of carbonyl (C=O) groups is 1. The van der Waals surface area contributed by atoms with Crippen LogP contribution in [0, 0.1) is 0 Å². The van der Waals surface area contributed by atoms with Crippen molar-refractivity contribution in [2.45, 2.75) is 69.7 Å². The monoisotopic (exact) mass is 451 g/mol. The third-order valence-corrected chi connectivity index (χ3v) is 5.89. The zero-order chi connectivity index (χ0) is 19.4. The Morgan fingerprint density at radius 1 is 1.19 bits per heavy atom. The van der Waals surface area contributed by atoms with Crippen LogP contribution in [0.4, 0.5) is 0 Å². The van der Waals surface area contributed by atoms with Crippen molar-refractivity contribution in [1.82, 2.24) is 14.8 Å². The van der Waals surface area contributed by atoms with E-state index in [4.69, 9.17) is 4.74 Å². The van der Waals surface area contributed by atoms with E-state index >= 15 is 0 Å². The molecule has 0 aliphatic heterocycles. The number of rotatable bonds is 5. The minimum atomic E-state index is -0.475. The van der Waals surface area contributed by atoms with E-state index in [1.807, 2.05) is 32.9 Å². The van der Waals surface area contributed by atoms with Gasteiger partial charge in [0.05, 0.1) is 5.75 Å². The number of ether oxygens (including phenoxy) is 1. The van der Waals surface area contributed by atoms with Crippen LogP contribution in [0.15, 0.2) is 33.9 Å². The lowest BCUT2D eigenvalue weighted by molar-refractivity contribution is -0.151. The van der Waals surface area contributed by atoms with E-state index in [2.05, 4.69) is 42.8 Å². The maximum atomic E-state index is 12.1. The van der Waals surface area contributed by atoms with Crippen LogP contribution in [0.3, 0.4) is 0 Å². The van der Waals surface area contributed by atoms with Crippen LogP contribution in [-0.2, 0) is 9.53 Å². The number of esters is 1. The first-order valence-electron chi connectivity index (χ1n) is 9.39. The first-order chi connectivity index (χ1) is 12.8. The van der Waals surface area contributed by atoms with Gasteiger partial charge in [-0.25, -0.2) is 0 Å². The molecule has 2 aromatic rings. The highest BCUT2D eigenvalue weighted by Crippen LogP contribution is 2.35. The molecule has 1 saturated carbocycles. The van der Waals surface area contributed by atoms with Crippen LogP contribution in [0.2, 0.25) is 0 Å². The van der Waals surface area contributed by atoms with Crippen molar-refractivity contribution in [1.29, 1.82) is 0 Å². The lowest BCUT2D eigenvalue weighted by Crippen LogP contribution is -2.25. The van der Waals surface area contributed by atoms with Crippen molar-refractivity contribution < 1.29 is 9.53 Å². The Kier molecular flexibility index (Phi) is 6.63. The Labute approximate surface area is 173 Å². The molecule has 0 bridgehead atoms. The molecule has 27 heavy (non-hydrogen) atoms. The third kappa shape index (κ3) is 5.57. The fourth-order valence-corrected chi connectivity index (χ4v) is 4.38. The number of hydrogen-bond donors (Lipinski definition) is 0. The van der Waals surface area contributed by atoms with Gasteiger partial charge in [-0.05, 0) is 45.7 Å². The number of carbonyl (C=O) groups excluding carboxylic acids is 1. The van der Waals surface area contributed by atoms with Gasteiger partial charge in [-0.2, -0.15) is 0 Å². The van der Waals surface area contributed by atoms with E-state index in [1.165, 1.54) is 31.0 Å². The summed E-state index contributed by atoms with van der Waals surface area (Å²) in [7, 11) is 0. The molecule has 0 spiro atoms. The molecule has 1 aromatic carbocycles. The van der Waals surface area contributed by atoms with Gasteiger partial charge < -0.3 is 4.74 Å². The van der Waals surface area contributed by atoms with Crippen LogP contribution in [-0.4, -0.2) is 32.1 Å². The highest BCUT2D eigenvalue weighted by molar-refractivity contribution is 9.10. The van der Waals surface area contributed by atoms with Crippen molar-refractivity contribution in [2.75, 3.05) is 5.75 Å². The Bertz CT molecular complexity index is 778. The summed E-state index contributed by atoms with van der Waals surface area (Å²) in [4.78, 5) is 12.1. The molecule has 5 nitrogen and oxygen atoms in total. The molecule has 0 atom stereocenters. The molecule has 1 aromatic heterocycles. The molecule has 0 N–H and O–H groups in total. The Hall–Kier alpha value is -1.34. The number of halogens is 1. The van der Waals surface area contributed by atoms with Gasteiger partial charge in [0.15, 0.2) is 11.0 Å².